The van der Waals surface area contributed by atoms with Crippen molar-refractivity contribution in [3.63, 3.8) is 0 Å². The fourth-order valence-electron chi connectivity index (χ4n) is 2.67. The summed E-state index contributed by atoms with van der Waals surface area (Å²) in [4.78, 5) is 25.5. The Morgan fingerprint density at radius 1 is 1.29 bits per heavy atom. The number of aliphatic carboxylic acids is 1. The average molecular weight is 363 g/mol. The van der Waals surface area contributed by atoms with Gasteiger partial charge in [0, 0.05) is 4.88 Å². The molecule has 2 aromatic rings. The predicted molar refractivity (Wildman–Crippen MR) is 94.7 cm³/mol. The van der Waals surface area contributed by atoms with Crippen LogP contribution in [0.5, 0.6) is 5.75 Å². The second-order valence-corrected chi connectivity index (χ2v) is 7.57. The minimum Gasteiger partial charge on any atom is -0.497 e. The van der Waals surface area contributed by atoms with Crippen molar-refractivity contribution >= 4 is 35.0 Å². The van der Waals surface area contributed by atoms with Crippen molar-refractivity contribution in [2.24, 2.45) is 0 Å². The van der Waals surface area contributed by atoms with Crippen molar-refractivity contribution in [2.45, 2.75) is 17.7 Å². The first kappa shape index (κ1) is 16.9. The van der Waals surface area contributed by atoms with E-state index in [2.05, 4.69) is 5.32 Å². The van der Waals surface area contributed by atoms with Gasteiger partial charge in [0.25, 0.3) is 0 Å². The van der Waals surface area contributed by atoms with Gasteiger partial charge in [0.1, 0.15) is 11.0 Å². The van der Waals surface area contributed by atoms with E-state index in [1.54, 1.807) is 54.5 Å². The summed E-state index contributed by atoms with van der Waals surface area (Å²) in [5, 5.41) is 13.8. The number of rotatable bonds is 5. The molecular formula is C17H17NO4S2. The fraction of sp³-hybridized carbons (Fsp3) is 0.294. The van der Waals surface area contributed by atoms with Gasteiger partial charge in [0.2, 0.25) is 5.91 Å². The Morgan fingerprint density at radius 3 is 2.71 bits per heavy atom. The summed E-state index contributed by atoms with van der Waals surface area (Å²) in [6.45, 7) is 0. The Kier molecular flexibility index (Phi) is 5.11. The predicted octanol–water partition coefficient (Wildman–Crippen LogP) is 3.03. The number of nitrogens with one attached hydrogen (secondary N) is 1. The van der Waals surface area contributed by atoms with Crippen LogP contribution < -0.4 is 10.1 Å². The molecule has 0 fully saturated rings. The molecule has 126 valence electrons. The lowest BCUT2D eigenvalue weighted by Crippen LogP contribution is -2.37. The zero-order valence-corrected chi connectivity index (χ0v) is 14.7. The topological polar surface area (TPSA) is 75.6 Å². The molecule has 1 aliphatic rings. The highest BCUT2D eigenvalue weighted by Gasteiger charge is 2.31. The summed E-state index contributed by atoms with van der Waals surface area (Å²) in [6.07, 6.45) is 0.961. The number of amides is 1. The van der Waals surface area contributed by atoms with Gasteiger partial charge in [-0.2, -0.15) is 0 Å². The first-order chi connectivity index (χ1) is 11.6. The van der Waals surface area contributed by atoms with Crippen LogP contribution in [0.3, 0.4) is 0 Å². The summed E-state index contributed by atoms with van der Waals surface area (Å²) in [6, 6.07) is 7.56. The molecule has 0 saturated carbocycles. The van der Waals surface area contributed by atoms with Crippen molar-refractivity contribution in [3.8, 4) is 5.75 Å². The number of hydrogen-bond donors (Lipinski definition) is 2. The molecule has 1 aromatic carbocycles. The van der Waals surface area contributed by atoms with E-state index < -0.39 is 12.0 Å². The van der Waals surface area contributed by atoms with Gasteiger partial charge in [0.15, 0.2) is 6.04 Å². The first-order valence-corrected chi connectivity index (χ1v) is 9.38. The molecule has 0 aliphatic carbocycles. The molecule has 5 nitrogen and oxygen atoms in total. The number of ether oxygens (including phenoxy) is 1. The zero-order chi connectivity index (χ0) is 17.1. The molecule has 2 atom stereocenters. The normalized spacial score (nSPS) is 17.6. The maximum absolute atomic E-state index is 12.7. The van der Waals surface area contributed by atoms with Crippen LogP contribution in [0.15, 0.2) is 35.7 Å². The average Bonchev–Trinajstić information content (AvgIpc) is 3.08. The summed E-state index contributed by atoms with van der Waals surface area (Å²) < 4.78 is 5.08. The number of carboxylic acid groups (broad SMARTS) is 1. The number of methoxy groups -OCH3 is 1. The number of thiophene rings is 1. The van der Waals surface area contributed by atoms with Crippen molar-refractivity contribution in [1.29, 1.82) is 0 Å². The molecule has 0 saturated heterocycles. The third-order valence-corrected chi connectivity index (χ3v) is 6.13. The molecule has 3 rings (SSSR count). The molecule has 0 spiro atoms. The molecule has 0 bridgehead atoms. The second kappa shape index (κ2) is 7.27. The Bertz CT molecular complexity index is 741. The number of thioether (sulfide) groups is 1. The molecule has 2 unspecified atom stereocenters. The van der Waals surface area contributed by atoms with Gasteiger partial charge in [-0.05, 0) is 46.9 Å². The van der Waals surface area contributed by atoms with Gasteiger partial charge in [-0.15, -0.1) is 23.1 Å². The lowest BCUT2D eigenvalue weighted by molar-refractivity contribution is -0.142. The molecule has 1 aliphatic heterocycles. The van der Waals surface area contributed by atoms with Crippen molar-refractivity contribution in [1.82, 2.24) is 5.32 Å². The van der Waals surface area contributed by atoms with E-state index in [4.69, 9.17) is 4.74 Å². The zero-order valence-electron chi connectivity index (χ0n) is 13.0. The molecule has 1 aromatic heterocycles. The Hall–Kier alpha value is -1.99. The maximum Gasteiger partial charge on any atom is 0.330 e. The molecule has 2 heterocycles. The largest absolute Gasteiger partial charge is 0.497 e. The number of hydrogen-bond acceptors (Lipinski definition) is 5. The first-order valence-electron chi connectivity index (χ1n) is 7.45. The maximum atomic E-state index is 12.7. The minimum absolute atomic E-state index is 0.262. The van der Waals surface area contributed by atoms with Crippen LogP contribution >= 0.6 is 23.1 Å². The Morgan fingerprint density at radius 2 is 2.04 bits per heavy atom. The number of benzene rings is 1. The smallest absolute Gasteiger partial charge is 0.330 e. The van der Waals surface area contributed by atoms with Crippen LogP contribution in [-0.4, -0.2) is 29.8 Å². The van der Waals surface area contributed by atoms with E-state index in [1.807, 2.05) is 11.4 Å². The van der Waals surface area contributed by atoms with Gasteiger partial charge in [-0.1, -0.05) is 12.1 Å². The van der Waals surface area contributed by atoms with Gasteiger partial charge in [-0.3, -0.25) is 4.79 Å². The van der Waals surface area contributed by atoms with E-state index in [9.17, 15) is 14.7 Å². The van der Waals surface area contributed by atoms with Crippen LogP contribution in [0.4, 0.5) is 0 Å². The molecule has 0 radical (unpaired) electrons. The van der Waals surface area contributed by atoms with E-state index >= 15 is 0 Å². The number of carbonyl (C=O) groups is 2. The summed E-state index contributed by atoms with van der Waals surface area (Å²) in [7, 11) is 1.55. The fourth-order valence-corrected chi connectivity index (χ4v) is 4.97. The van der Waals surface area contributed by atoms with Crippen LogP contribution in [0.1, 0.15) is 27.3 Å². The standard InChI is InChI=1S/C17H17NO4S2/c1-22-11-4-2-10(3-5-11)14(17(20)21)18-16(19)15-12-6-8-23-13(12)7-9-24-15/h2-6,8,14-15H,7,9H2,1H3,(H,18,19)(H,20,21). The van der Waals surface area contributed by atoms with Crippen LogP contribution in [0.25, 0.3) is 0 Å². The Labute approximate surface area is 148 Å². The highest BCUT2D eigenvalue weighted by atomic mass is 32.2. The highest BCUT2D eigenvalue weighted by molar-refractivity contribution is 8.00. The van der Waals surface area contributed by atoms with Gasteiger partial charge >= 0.3 is 5.97 Å². The van der Waals surface area contributed by atoms with Crippen molar-refractivity contribution in [2.75, 3.05) is 12.9 Å². The highest BCUT2D eigenvalue weighted by Crippen LogP contribution is 2.39. The van der Waals surface area contributed by atoms with Gasteiger partial charge < -0.3 is 15.2 Å². The Balaban J connectivity index is 1.79. The number of carbonyl (C=O) groups excluding carboxylic acids is 1. The monoisotopic (exact) mass is 363 g/mol. The molecule has 1 amide bonds. The lowest BCUT2D eigenvalue weighted by Gasteiger charge is -2.23. The number of aryl methyl sites for hydroxylation is 1. The van der Waals surface area contributed by atoms with E-state index in [-0.39, 0.29) is 11.2 Å². The second-order valence-electron chi connectivity index (χ2n) is 5.35. The molecule has 2 N–H and O–H groups in total. The van der Waals surface area contributed by atoms with Crippen LogP contribution in [-0.2, 0) is 16.0 Å². The van der Waals surface area contributed by atoms with E-state index in [0.717, 1.165) is 17.7 Å². The van der Waals surface area contributed by atoms with E-state index in [0.29, 0.717) is 11.3 Å². The van der Waals surface area contributed by atoms with Crippen LogP contribution in [0.2, 0.25) is 0 Å². The SMILES string of the molecule is COc1ccc(C(NC(=O)C2SCCc3sccc32)C(=O)O)cc1. The molecule has 7 heteroatoms. The van der Waals surface area contributed by atoms with Crippen molar-refractivity contribution < 1.29 is 19.4 Å². The number of carboxylic acids is 1. The molecule has 24 heavy (non-hydrogen) atoms. The summed E-state index contributed by atoms with van der Waals surface area (Å²) >= 11 is 3.20. The molecular weight excluding hydrogens is 346 g/mol. The number of fused-ring (bicyclic) bond motifs is 1. The lowest BCUT2D eigenvalue weighted by atomic mass is 10.1. The van der Waals surface area contributed by atoms with Crippen LogP contribution in [0, 0.1) is 0 Å². The van der Waals surface area contributed by atoms with Gasteiger partial charge in [-0.25, -0.2) is 4.79 Å². The quantitative estimate of drug-likeness (QED) is 0.854. The van der Waals surface area contributed by atoms with Gasteiger partial charge in [0.05, 0.1) is 7.11 Å². The third-order valence-electron chi connectivity index (χ3n) is 3.90. The van der Waals surface area contributed by atoms with E-state index in [1.165, 1.54) is 4.88 Å². The third kappa shape index (κ3) is 3.42. The summed E-state index contributed by atoms with van der Waals surface area (Å²) in [5.74, 6) is 0.161. The summed E-state index contributed by atoms with van der Waals surface area (Å²) in [5.41, 5.74) is 1.52. The minimum atomic E-state index is -1.08. The van der Waals surface area contributed by atoms with Crippen molar-refractivity contribution in [3.05, 3.63) is 51.7 Å².